The summed E-state index contributed by atoms with van der Waals surface area (Å²) in [6.07, 6.45) is 1.63. The molecule has 0 aromatic heterocycles. The number of carbonyl (C=O) groups is 1. The third-order valence-electron chi connectivity index (χ3n) is 2.98. The number of benzene rings is 1. The molecule has 1 rings (SSSR count). The van der Waals surface area contributed by atoms with Crippen molar-refractivity contribution in [3.05, 3.63) is 28.8 Å². The number of rotatable bonds is 6. The molecule has 1 aromatic rings. The van der Waals surface area contributed by atoms with Gasteiger partial charge in [-0.25, -0.2) is 17.9 Å². The molecule has 0 aliphatic rings. The SMILES string of the molecule is CCCCNS(=O)(=O)c1cc(C(=O)O)cc(C)c1C. The summed E-state index contributed by atoms with van der Waals surface area (Å²) in [6.45, 7) is 5.70. The van der Waals surface area contributed by atoms with Crippen LogP contribution >= 0.6 is 0 Å². The van der Waals surface area contributed by atoms with Crippen LogP contribution < -0.4 is 4.72 Å². The Morgan fingerprint density at radius 3 is 2.47 bits per heavy atom. The Kier molecular flexibility index (Phi) is 5.08. The number of hydrogen-bond donors (Lipinski definition) is 2. The van der Waals surface area contributed by atoms with Gasteiger partial charge in [0.2, 0.25) is 10.0 Å². The first kappa shape index (κ1) is 15.7. The Hall–Kier alpha value is -1.40. The molecule has 0 saturated carbocycles. The zero-order valence-electron chi connectivity index (χ0n) is 11.4. The minimum Gasteiger partial charge on any atom is -0.478 e. The molecule has 0 amide bonds. The quantitative estimate of drug-likeness (QED) is 0.784. The maximum absolute atomic E-state index is 12.2. The zero-order chi connectivity index (χ0) is 14.6. The predicted molar refractivity (Wildman–Crippen MR) is 73.0 cm³/mol. The van der Waals surface area contributed by atoms with E-state index in [4.69, 9.17) is 5.11 Å². The number of unbranched alkanes of at least 4 members (excludes halogenated alkanes) is 1. The van der Waals surface area contributed by atoms with Crippen LogP contribution in [0.4, 0.5) is 0 Å². The molecule has 0 fully saturated rings. The Bertz CT molecular complexity index is 579. The lowest BCUT2D eigenvalue weighted by Gasteiger charge is -2.12. The largest absolute Gasteiger partial charge is 0.478 e. The molecular formula is C13H19NO4S. The summed E-state index contributed by atoms with van der Waals surface area (Å²) < 4.78 is 26.8. The van der Waals surface area contributed by atoms with Gasteiger partial charge in [0, 0.05) is 6.54 Å². The Balaban J connectivity index is 3.21. The van der Waals surface area contributed by atoms with E-state index < -0.39 is 16.0 Å². The summed E-state index contributed by atoms with van der Waals surface area (Å²) in [7, 11) is -3.66. The smallest absolute Gasteiger partial charge is 0.335 e. The highest BCUT2D eigenvalue weighted by molar-refractivity contribution is 7.89. The van der Waals surface area contributed by atoms with E-state index in [-0.39, 0.29) is 10.5 Å². The Labute approximate surface area is 113 Å². The Morgan fingerprint density at radius 1 is 1.32 bits per heavy atom. The van der Waals surface area contributed by atoms with Crippen molar-refractivity contribution in [3.63, 3.8) is 0 Å². The normalized spacial score (nSPS) is 11.5. The standard InChI is InChI=1S/C13H19NO4S/c1-4-5-6-14-19(17,18)12-8-11(13(15)16)7-9(2)10(12)3/h7-8,14H,4-6H2,1-3H3,(H,15,16). The van der Waals surface area contributed by atoms with E-state index in [1.807, 2.05) is 6.92 Å². The first-order valence-corrected chi connectivity index (χ1v) is 7.62. The highest BCUT2D eigenvalue weighted by atomic mass is 32.2. The highest BCUT2D eigenvalue weighted by Gasteiger charge is 2.20. The topological polar surface area (TPSA) is 83.5 Å². The molecule has 6 heteroatoms. The van der Waals surface area contributed by atoms with Crippen molar-refractivity contribution in [2.45, 2.75) is 38.5 Å². The molecule has 0 aliphatic carbocycles. The molecular weight excluding hydrogens is 266 g/mol. The van der Waals surface area contributed by atoms with Crippen molar-refractivity contribution in [2.24, 2.45) is 0 Å². The summed E-state index contributed by atoms with van der Waals surface area (Å²) >= 11 is 0. The number of hydrogen-bond acceptors (Lipinski definition) is 3. The van der Waals surface area contributed by atoms with E-state index in [1.54, 1.807) is 13.8 Å². The third-order valence-corrected chi connectivity index (χ3v) is 4.57. The van der Waals surface area contributed by atoms with Crippen molar-refractivity contribution in [3.8, 4) is 0 Å². The minimum absolute atomic E-state index is 0.0148. The average molecular weight is 285 g/mol. The second-order valence-electron chi connectivity index (χ2n) is 4.47. The van der Waals surface area contributed by atoms with Crippen LogP contribution in [-0.2, 0) is 10.0 Å². The second kappa shape index (κ2) is 6.16. The molecule has 1 aromatic carbocycles. The molecule has 2 N–H and O–H groups in total. The van der Waals surface area contributed by atoms with Crippen LogP contribution in [0.25, 0.3) is 0 Å². The van der Waals surface area contributed by atoms with Gasteiger partial charge in [-0.15, -0.1) is 0 Å². The maximum Gasteiger partial charge on any atom is 0.335 e. The molecule has 19 heavy (non-hydrogen) atoms. The van der Waals surface area contributed by atoms with Crippen molar-refractivity contribution < 1.29 is 18.3 Å². The van der Waals surface area contributed by atoms with Crippen LogP contribution in [0.1, 0.15) is 41.3 Å². The summed E-state index contributed by atoms with van der Waals surface area (Å²) in [5.41, 5.74) is 1.21. The number of carboxylic acids is 1. The molecule has 0 unspecified atom stereocenters. The lowest BCUT2D eigenvalue weighted by molar-refractivity contribution is 0.0696. The number of aromatic carboxylic acids is 1. The van der Waals surface area contributed by atoms with Crippen LogP contribution in [0, 0.1) is 13.8 Å². The fraction of sp³-hybridized carbons (Fsp3) is 0.462. The molecule has 106 valence electrons. The number of sulfonamides is 1. The lowest BCUT2D eigenvalue weighted by Crippen LogP contribution is -2.26. The molecule has 0 bridgehead atoms. The van der Waals surface area contributed by atoms with E-state index in [2.05, 4.69) is 4.72 Å². The summed E-state index contributed by atoms with van der Waals surface area (Å²) in [5.74, 6) is -1.13. The minimum atomic E-state index is -3.66. The van der Waals surface area contributed by atoms with Crippen LogP contribution in [-0.4, -0.2) is 26.0 Å². The van der Waals surface area contributed by atoms with E-state index in [0.717, 1.165) is 12.8 Å². The van der Waals surface area contributed by atoms with E-state index in [9.17, 15) is 13.2 Å². The second-order valence-corrected chi connectivity index (χ2v) is 6.21. The van der Waals surface area contributed by atoms with Crippen molar-refractivity contribution in [2.75, 3.05) is 6.54 Å². The molecule has 0 aliphatic heterocycles. The van der Waals surface area contributed by atoms with Crippen molar-refractivity contribution in [1.29, 1.82) is 0 Å². The monoisotopic (exact) mass is 285 g/mol. The third kappa shape index (κ3) is 3.78. The predicted octanol–water partition coefficient (Wildman–Crippen LogP) is 2.08. The molecule has 0 atom stereocenters. The van der Waals surface area contributed by atoms with Gasteiger partial charge in [-0.2, -0.15) is 0 Å². The molecule has 5 nitrogen and oxygen atoms in total. The van der Waals surface area contributed by atoms with Gasteiger partial charge in [-0.3, -0.25) is 0 Å². The zero-order valence-corrected chi connectivity index (χ0v) is 12.2. The van der Waals surface area contributed by atoms with Crippen LogP contribution in [0.3, 0.4) is 0 Å². The number of aryl methyl sites for hydroxylation is 1. The number of nitrogens with one attached hydrogen (secondary N) is 1. The van der Waals surface area contributed by atoms with Crippen molar-refractivity contribution >= 4 is 16.0 Å². The fourth-order valence-electron chi connectivity index (χ4n) is 1.69. The van der Waals surface area contributed by atoms with Crippen molar-refractivity contribution in [1.82, 2.24) is 4.72 Å². The van der Waals surface area contributed by atoms with E-state index in [0.29, 0.717) is 17.7 Å². The van der Waals surface area contributed by atoms with Gasteiger partial charge in [0.1, 0.15) is 0 Å². The summed E-state index contributed by atoms with van der Waals surface area (Å²) in [5, 5.41) is 8.99. The van der Waals surface area contributed by atoms with Crippen LogP contribution in [0.15, 0.2) is 17.0 Å². The summed E-state index contributed by atoms with van der Waals surface area (Å²) in [6, 6.07) is 2.68. The van der Waals surface area contributed by atoms with E-state index >= 15 is 0 Å². The molecule has 0 heterocycles. The molecule has 0 radical (unpaired) electrons. The van der Waals surface area contributed by atoms with Crippen LogP contribution in [0.5, 0.6) is 0 Å². The average Bonchev–Trinajstić information content (AvgIpc) is 2.32. The molecule has 0 spiro atoms. The van der Waals surface area contributed by atoms with Gasteiger partial charge >= 0.3 is 5.97 Å². The first-order valence-electron chi connectivity index (χ1n) is 6.13. The van der Waals surface area contributed by atoms with Gasteiger partial charge in [-0.05, 0) is 43.5 Å². The Morgan fingerprint density at radius 2 is 1.95 bits per heavy atom. The lowest BCUT2D eigenvalue weighted by atomic mass is 10.1. The van der Waals surface area contributed by atoms with Gasteiger partial charge < -0.3 is 5.11 Å². The van der Waals surface area contributed by atoms with Gasteiger partial charge in [0.25, 0.3) is 0 Å². The van der Waals surface area contributed by atoms with Crippen LogP contribution in [0.2, 0.25) is 0 Å². The van der Waals surface area contributed by atoms with E-state index in [1.165, 1.54) is 12.1 Å². The van der Waals surface area contributed by atoms with Gasteiger partial charge in [0.15, 0.2) is 0 Å². The maximum atomic E-state index is 12.2. The summed E-state index contributed by atoms with van der Waals surface area (Å²) in [4.78, 5) is 11.0. The highest BCUT2D eigenvalue weighted by Crippen LogP contribution is 2.21. The number of carboxylic acid groups (broad SMARTS) is 1. The fourth-order valence-corrected chi connectivity index (χ4v) is 3.11. The molecule has 0 saturated heterocycles. The van der Waals surface area contributed by atoms with Gasteiger partial charge in [-0.1, -0.05) is 13.3 Å². The first-order chi connectivity index (χ1) is 8.79. The van der Waals surface area contributed by atoms with Gasteiger partial charge in [0.05, 0.1) is 10.5 Å².